The van der Waals surface area contributed by atoms with Gasteiger partial charge in [0.15, 0.2) is 5.82 Å². The maximum atomic E-state index is 11.0. The number of benzene rings is 1. The second-order valence-corrected chi connectivity index (χ2v) is 5.44. The molecule has 1 aliphatic rings. The van der Waals surface area contributed by atoms with Crippen molar-refractivity contribution in [3.63, 3.8) is 0 Å². The van der Waals surface area contributed by atoms with Crippen LogP contribution in [0.2, 0.25) is 0 Å². The second kappa shape index (κ2) is 4.52. The van der Waals surface area contributed by atoms with Gasteiger partial charge in [0, 0.05) is 6.07 Å². The van der Waals surface area contributed by atoms with Crippen molar-refractivity contribution in [2.75, 3.05) is 5.73 Å². The molecule has 0 aliphatic heterocycles. The molecule has 1 heterocycles. The van der Waals surface area contributed by atoms with E-state index in [0.717, 1.165) is 19.3 Å². The van der Waals surface area contributed by atoms with E-state index in [0.29, 0.717) is 17.0 Å². The summed E-state index contributed by atoms with van der Waals surface area (Å²) in [7, 11) is 0. The molecule has 0 saturated heterocycles. The highest BCUT2D eigenvalue weighted by Gasteiger charge is 2.39. The molecule has 21 heavy (non-hydrogen) atoms. The maximum absolute atomic E-state index is 11.0. The molecular weight excluding hydrogens is 274 g/mol. The van der Waals surface area contributed by atoms with E-state index in [9.17, 15) is 10.1 Å². The molecule has 0 bridgehead atoms. The molecule has 8 heteroatoms. The number of nitro benzene ring substituents is 1. The summed E-state index contributed by atoms with van der Waals surface area (Å²) in [6.45, 7) is 1.74. The van der Waals surface area contributed by atoms with Crippen LogP contribution in [0.5, 0.6) is 0 Å². The van der Waals surface area contributed by atoms with Crippen LogP contribution in [-0.4, -0.2) is 15.1 Å². The fourth-order valence-electron chi connectivity index (χ4n) is 2.42. The van der Waals surface area contributed by atoms with Gasteiger partial charge in [-0.2, -0.15) is 4.98 Å². The Bertz CT molecular complexity index is 721. The molecule has 0 spiro atoms. The zero-order valence-electron chi connectivity index (χ0n) is 11.5. The number of anilines is 1. The molecule has 1 aromatic carbocycles. The number of aryl methyl sites for hydroxylation is 1. The van der Waals surface area contributed by atoms with Crippen LogP contribution in [0.25, 0.3) is 11.5 Å². The Balaban J connectivity index is 2.07. The average molecular weight is 289 g/mol. The Morgan fingerprint density at radius 1 is 1.43 bits per heavy atom. The minimum Gasteiger partial charge on any atom is -0.393 e. The van der Waals surface area contributed by atoms with Crippen molar-refractivity contribution in [3.05, 3.63) is 33.6 Å². The molecule has 3 rings (SSSR count). The number of aromatic nitrogens is 2. The van der Waals surface area contributed by atoms with Gasteiger partial charge in [-0.25, -0.2) is 0 Å². The standard InChI is InChI=1S/C13H15N5O3/c1-7-5-8(10(14)9(6-7)18(19)20)11-16-12(17-21-11)13(15)3-2-4-13/h5-6H,2-4,14-15H2,1H3. The molecule has 8 nitrogen and oxygen atoms in total. The van der Waals surface area contributed by atoms with Crippen LogP contribution in [0.3, 0.4) is 0 Å². The van der Waals surface area contributed by atoms with Crippen LogP contribution in [0.4, 0.5) is 11.4 Å². The lowest BCUT2D eigenvalue weighted by molar-refractivity contribution is -0.383. The number of hydrogen-bond donors (Lipinski definition) is 2. The van der Waals surface area contributed by atoms with Crippen molar-refractivity contribution < 1.29 is 9.45 Å². The summed E-state index contributed by atoms with van der Waals surface area (Å²) in [5.41, 5.74) is 12.3. The SMILES string of the molecule is Cc1cc(-c2nc(C3(N)CCC3)no2)c(N)c([N+](=O)[O-])c1. The number of nitrogens with two attached hydrogens (primary N) is 2. The van der Waals surface area contributed by atoms with Gasteiger partial charge in [-0.05, 0) is 37.8 Å². The van der Waals surface area contributed by atoms with Crippen LogP contribution >= 0.6 is 0 Å². The van der Waals surface area contributed by atoms with Gasteiger partial charge in [-0.1, -0.05) is 5.16 Å². The van der Waals surface area contributed by atoms with Gasteiger partial charge >= 0.3 is 0 Å². The van der Waals surface area contributed by atoms with E-state index in [4.69, 9.17) is 16.0 Å². The highest BCUT2D eigenvalue weighted by Crippen LogP contribution is 2.39. The number of rotatable bonds is 3. The van der Waals surface area contributed by atoms with E-state index >= 15 is 0 Å². The quantitative estimate of drug-likeness (QED) is 0.500. The first-order valence-electron chi connectivity index (χ1n) is 6.59. The monoisotopic (exact) mass is 289 g/mol. The summed E-state index contributed by atoms with van der Waals surface area (Å²) in [5.74, 6) is 0.582. The molecule has 0 atom stereocenters. The predicted octanol–water partition coefficient (Wildman–Crippen LogP) is 1.87. The summed E-state index contributed by atoms with van der Waals surface area (Å²) in [4.78, 5) is 14.8. The molecule has 1 fully saturated rings. The maximum Gasteiger partial charge on any atom is 0.293 e. The summed E-state index contributed by atoms with van der Waals surface area (Å²) in [5, 5.41) is 14.9. The molecule has 4 N–H and O–H groups in total. The molecule has 1 aromatic heterocycles. The third kappa shape index (κ3) is 2.13. The van der Waals surface area contributed by atoms with Crippen LogP contribution in [-0.2, 0) is 5.54 Å². The zero-order valence-corrected chi connectivity index (χ0v) is 11.5. The highest BCUT2D eigenvalue weighted by molar-refractivity contribution is 5.79. The molecule has 0 amide bonds. The third-order valence-electron chi connectivity index (χ3n) is 3.85. The fourth-order valence-corrected chi connectivity index (χ4v) is 2.42. The topological polar surface area (TPSA) is 134 Å². The van der Waals surface area contributed by atoms with Gasteiger partial charge in [-0.3, -0.25) is 10.1 Å². The Kier molecular flexibility index (Phi) is 2.91. The van der Waals surface area contributed by atoms with Gasteiger partial charge in [-0.15, -0.1) is 0 Å². The molecule has 1 aliphatic carbocycles. The van der Waals surface area contributed by atoms with Crippen molar-refractivity contribution in [2.24, 2.45) is 5.73 Å². The molecule has 0 radical (unpaired) electrons. The summed E-state index contributed by atoms with van der Waals surface area (Å²) in [6.07, 6.45) is 2.63. The van der Waals surface area contributed by atoms with Gasteiger partial charge < -0.3 is 16.0 Å². The second-order valence-electron chi connectivity index (χ2n) is 5.44. The minimum absolute atomic E-state index is 0.0143. The van der Waals surface area contributed by atoms with Gasteiger partial charge in [0.25, 0.3) is 11.6 Å². The molecule has 2 aromatic rings. The summed E-state index contributed by atoms with van der Waals surface area (Å²) < 4.78 is 5.20. The van der Waals surface area contributed by atoms with Crippen LogP contribution in [0, 0.1) is 17.0 Å². The first-order chi connectivity index (χ1) is 9.90. The van der Waals surface area contributed by atoms with Crippen molar-refractivity contribution in [1.29, 1.82) is 0 Å². The van der Waals surface area contributed by atoms with Crippen molar-refractivity contribution in [2.45, 2.75) is 31.7 Å². The van der Waals surface area contributed by atoms with Crippen LogP contribution in [0.15, 0.2) is 16.7 Å². The van der Waals surface area contributed by atoms with Crippen molar-refractivity contribution in [3.8, 4) is 11.5 Å². The summed E-state index contributed by atoms with van der Waals surface area (Å²) in [6, 6.07) is 3.09. The summed E-state index contributed by atoms with van der Waals surface area (Å²) >= 11 is 0. The van der Waals surface area contributed by atoms with E-state index in [1.165, 1.54) is 6.07 Å². The number of nitro groups is 1. The van der Waals surface area contributed by atoms with Gasteiger partial charge in [0.2, 0.25) is 0 Å². The number of nitrogens with zero attached hydrogens (tertiary/aromatic N) is 3. The Labute approximate surface area is 120 Å². The Morgan fingerprint density at radius 3 is 2.71 bits per heavy atom. The largest absolute Gasteiger partial charge is 0.393 e. The first-order valence-corrected chi connectivity index (χ1v) is 6.59. The van der Waals surface area contributed by atoms with Gasteiger partial charge in [0.05, 0.1) is 16.0 Å². The molecule has 0 unspecified atom stereocenters. The normalized spacial score (nSPS) is 16.5. The van der Waals surface area contributed by atoms with Gasteiger partial charge in [0.1, 0.15) is 5.69 Å². The lowest BCUT2D eigenvalue weighted by Crippen LogP contribution is -2.44. The molecular formula is C13H15N5O3. The van der Waals surface area contributed by atoms with Crippen LogP contribution < -0.4 is 11.5 Å². The van der Waals surface area contributed by atoms with E-state index in [-0.39, 0.29) is 17.3 Å². The average Bonchev–Trinajstić information content (AvgIpc) is 2.87. The highest BCUT2D eigenvalue weighted by atomic mass is 16.6. The first kappa shape index (κ1) is 13.5. The lowest BCUT2D eigenvalue weighted by atomic mass is 9.77. The van der Waals surface area contributed by atoms with E-state index in [1.807, 2.05) is 0 Å². The molecule has 1 saturated carbocycles. The minimum atomic E-state index is -0.549. The zero-order chi connectivity index (χ0) is 15.2. The fraction of sp³-hybridized carbons (Fsp3) is 0.385. The third-order valence-corrected chi connectivity index (χ3v) is 3.85. The smallest absolute Gasteiger partial charge is 0.293 e. The number of hydrogen-bond acceptors (Lipinski definition) is 7. The lowest BCUT2D eigenvalue weighted by Gasteiger charge is -2.34. The Morgan fingerprint density at radius 2 is 2.14 bits per heavy atom. The predicted molar refractivity (Wildman–Crippen MR) is 75.3 cm³/mol. The van der Waals surface area contributed by atoms with Crippen molar-refractivity contribution >= 4 is 11.4 Å². The van der Waals surface area contributed by atoms with Crippen LogP contribution in [0.1, 0.15) is 30.7 Å². The molecule has 110 valence electrons. The van der Waals surface area contributed by atoms with E-state index < -0.39 is 10.5 Å². The number of nitrogen functional groups attached to an aromatic ring is 1. The van der Waals surface area contributed by atoms with E-state index in [1.54, 1.807) is 13.0 Å². The Hall–Kier alpha value is -2.48. The van der Waals surface area contributed by atoms with E-state index in [2.05, 4.69) is 10.1 Å². The van der Waals surface area contributed by atoms with Crippen molar-refractivity contribution in [1.82, 2.24) is 10.1 Å².